The van der Waals surface area contributed by atoms with Crippen molar-refractivity contribution in [3.63, 3.8) is 0 Å². The summed E-state index contributed by atoms with van der Waals surface area (Å²) in [7, 11) is 0. The Balaban J connectivity index is 3.49. The molecule has 1 unspecified atom stereocenters. The van der Waals surface area contributed by atoms with E-state index in [9.17, 15) is 0 Å². The zero-order chi connectivity index (χ0) is 9.40. The van der Waals surface area contributed by atoms with E-state index >= 15 is 0 Å². The highest BCUT2D eigenvalue weighted by Gasteiger charge is 2.08. The smallest absolute Gasteiger partial charge is 0.0214 e. The Bertz CT molecular complexity index is 153. The van der Waals surface area contributed by atoms with Gasteiger partial charge in [0.05, 0.1) is 0 Å². The second-order valence-corrected chi connectivity index (χ2v) is 3.22. The van der Waals surface area contributed by atoms with Crippen LogP contribution in [0, 0.1) is 17.8 Å². The minimum atomic E-state index is 0.434. The van der Waals surface area contributed by atoms with Crippen molar-refractivity contribution in [1.82, 2.24) is 5.32 Å². The maximum atomic E-state index is 5.59. The molecule has 0 radical (unpaired) electrons. The van der Waals surface area contributed by atoms with Crippen molar-refractivity contribution in [2.45, 2.75) is 33.2 Å². The highest BCUT2D eigenvalue weighted by atomic mass is 14.9. The average Bonchev–Trinajstić information content (AvgIpc) is 2.04. The van der Waals surface area contributed by atoms with Crippen molar-refractivity contribution in [3.8, 4) is 11.8 Å². The van der Waals surface area contributed by atoms with Gasteiger partial charge in [0.2, 0.25) is 0 Å². The first-order chi connectivity index (χ1) is 5.72. The van der Waals surface area contributed by atoms with E-state index in [1.165, 1.54) is 0 Å². The van der Waals surface area contributed by atoms with E-state index < -0.39 is 0 Å². The molecule has 0 bridgehead atoms. The molecule has 0 rings (SSSR count). The fraction of sp³-hybridized carbons (Fsp3) is 0.800. The van der Waals surface area contributed by atoms with E-state index in [1.807, 2.05) is 6.92 Å². The van der Waals surface area contributed by atoms with E-state index in [0.29, 0.717) is 18.5 Å². The van der Waals surface area contributed by atoms with Gasteiger partial charge in [0.1, 0.15) is 0 Å². The molecular formula is C10H20N2. The first kappa shape index (κ1) is 11.5. The normalized spacial score (nSPS) is 12.4. The molecule has 3 N–H and O–H groups in total. The van der Waals surface area contributed by atoms with Crippen LogP contribution in [0.1, 0.15) is 27.2 Å². The standard InChI is InChI=1S/C10H20N2/c1-4-5-6-7-12-10(8-11)9(2)3/h9-10,12H,6-8,11H2,1-3H3. The van der Waals surface area contributed by atoms with Crippen LogP contribution in [-0.2, 0) is 0 Å². The molecule has 2 nitrogen and oxygen atoms in total. The molecule has 0 aliphatic heterocycles. The number of nitrogens with one attached hydrogen (secondary N) is 1. The van der Waals surface area contributed by atoms with Crippen molar-refractivity contribution >= 4 is 0 Å². The lowest BCUT2D eigenvalue weighted by Gasteiger charge is -2.19. The van der Waals surface area contributed by atoms with Crippen LogP contribution in [0.25, 0.3) is 0 Å². The van der Waals surface area contributed by atoms with Gasteiger partial charge in [-0.15, -0.1) is 11.8 Å². The molecule has 0 saturated heterocycles. The van der Waals surface area contributed by atoms with Crippen LogP contribution in [0.2, 0.25) is 0 Å². The van der Waals surface area contributed by atoms with Gasteiger partial charge in [0.15, 0.2) is 0 Å². The number of rotatable bonds is 5. The number of nitrogens with two attached hydrogens (primary N) is 1. The monoisotopic (exact) mass is 168 g/mol. The molecule has 0 saturated carbocycles. The summed E-state index contributed by atoms with van der Waals surface area (Å²) in [6, 6.07) is 0.434. The summed E-state index contributed by atoms with van der Waals surface area (Å²) >= 11 is 0. The molecule has 12 heavy (non-hydrogen) atoms. The predicted octanol–water partition coefficient (Wildman–Crippen LogP) is 0.973. The van der Waals surface area contributed by atoms with Crippen LogP contribution in [0.3, 0.4) is 0 Å². The molecule has 0 spiro atoms. The van der Waals surface area contributed by atoms with E-state index in [-0.39, 0.29) is 0 Å². The van der Waals surface area contributed by atoms with Gasteiger partial charge in [-0.25, -0.2) is 0 Å². The van der Waals surface area contributed by atoms with Gasteiger partial charge >= 0.3 is 0 Å². The van der Waals surface area contributed by atoms with Crippen molar-refractivity contribution in [1.29, 1.82) is 0 Å². The maximum absolute atomic E-state index is 5.59. The number of hydrogen-bond acceptors (Lipinski definition) is 2. The zero-order valence-corrected chi connectivity index (χ0v) is 8.35. The SMILES string of the molecule is CC#CCCNC(CN)C(C)C. The minimum Gasteiger partial charge on any atom is -0.329 e. The summed E-state index contributed by atoms with van der Waals surface area (Å²) in [6.07, 6.45) is 0.916. The second-order valence-electron chi connectivity index (χ2n) is 3.22. The molecule has 0 aromatic rings. The molecule has 0 aromatic heterocycles. The summed E-state index contributed by atoms with van der Waals surface area (Å²) in [5, 5.41) is 3.38. The molecule has 0 aliphatic carbocycles. The van der Waals surface area contributed by atoms with Gasteiger partial charge in [-0.05, 0) is 12.8 Å². The molecule has 2 heteroatoms. The lowest BCUT2D eigenvalue weighted by atomic mass is 10.0. The summed E-state index contributed by atoms with van der Waals surface area (Å²) in [6.45, 7) is 7.87. The lowest BCUT2D eigenvalue weighted by Crippen LogP contribution is -2.40. The fourth-order valence-corrected chi connectivity index (χ4v) is 1.04. The fourth-order valence-electron chi connectivity index (χ4n) is 1.04. The highest BCUT2D eigenvalue weighted by Crippen LogP contribution is 1.98. The summed E-state index contributed by atoms with van der Waals surface area (Å²) < 4.78 is 0. The predicted molar refractivity (Wildman–Crippen MR) is 53.8 cm³/mol. The molecule has 0 fully saturated rings. The van der Waals surface area contributed by atoms with E-state index in [0.717, 1.165) is 13.0 Å². The first-order valence-electron chi connectivity index (χ1n) is 4.55. The van der Waals surface area contributed by atoms with Gasteiger partial charge in [-0.3, -0.25) is 0 Å². The Morgan fingerprint density at radius 2 is 2.08 bits per heavy atom. The summed E-state index contributed by atoms with van der Waals surface area (Å²) in [5.74, 6) is 6.48. The van der Waals surface area contributed by atoms with Gasteiger partial charge in [0, 0.05) is 25.6 Å². The van der Waals surface area contributed by atoms with Crippen LogP contribution in [-0.4, -0.2) is 19.1 Å². The Hall–Kier alpha value is -0.520. The van der Waals surface area contributed by atoms with Gasteiger partial charge in [0.25, 0.3) is 0 Å². The molecule has 0 amide bonds. The van der Waals surface area contributed by atoms with Crippen LogP contribution in [0.4, 0.5) is 0 Å². The van der Waals surface area contributed by atoms with Crippen molar-refractivity contribution in [3.05, 3.63) is 0 Å². The molecule has 1 atom stereocenters. The molecular weight excluding hydrogens is 148 g/mol. The summed E-state index contributed by atoms with van der Waals surface area (Å²) in [4.78, 5) is 0. The lowest BCUT2D eigenvalue weighted by molar-refractivity contribution is 0.411. The Morgan fingerprint density at radius 1 is 1.42 bits per heavy atom. The van der Waals surface area contributed by atoms with E-state index in [1.54, 1.807) is 0 Å². The Kier molecular flexibility index (Phi) is 6.84. The second kappa shape index (κ2) is 7.15. The van der Waals surface area contributed by atoms with Gasteiger partial charge in [-0.1, -0.05) is 13.8 Å². The van der Waals surface area contributed by atoms with E-state index in [4.69, 9.17) is 5.73 Å². The van der Waals surface area contributed by atoms with Gasteiger partial charge in [-0.2, -0.15) is 0 Å². The Labute approximate surface area is 75.9 Å². The highest BCUT2D eigenvalue weighted by molar-refractivity contribution is 4.95. The zero-order valence-electron chi connectivity index (χ0n) is 8.35. The molecule has 0 aromatic carbocycles. The Morgan fingerprint density at radius 3 is 2.50 bits per heavy atom. The first-order valence-corrected chi connectivity index (χ1v) is 4.55. The molecule has 0 heterocycles. The topological polar surface area (TPSA) is 38.0 Å². The summed E-state index contributed by atoms with van der Waals surface area (Å²) in [5.41, 5.74) is 5.59. The molecule has 0 aliphatic rings. The van der Waals surface area contributed by atoms with E-state index in [2.05, 4.69) is 31.0 Å². The quantitative estimate of drug-likeness (QED) is 0.474. The third-order valence-electron chi connectivity index (χ3n) is 1.89. The largest absolute Gasteiger partial charge is 0.329 e. The maximum Gasteiger partial charge on any atom is 0.0214 e. The van der Waals surface area contributed by atoms with Gasteiger partial charge < -0.3 is 11.1 Å². The molecule has 70 valence electrons. The van der Waals surface area contributed by atoms with Crippen molar-refractivity contribution in [2.75, 3.05) is 13.1 Å². The van der Waals surface area contributed by atoms with Crippen molar-refractivity contribution in [2.24, 2.45) is 11.7 Å². The average molecular weight is 168 g/mol. The van der Waals surface area contributed by atoms with Crippen LogP contribution >= 0.6 is 0 Å². The van der Waals surface area contributed by atoms with Crippen molar-refractivity contribution < 1.29 is 0 Å². The minimum absolute atomic E-state index is 0.434. The third-order valence-corrected chi connectivity index (χ3v) is 1.89. The third kappa shape index (κ3) is 5.17. The number of hydrogen-bond donors (Lipinski definition) is 2. The van der Waals surface area contributed by atoms with Crippen LogP contribution < -0.4 is 11.1 Å². The van der Waals surface area contributed by atoms with Crippen LogP contribution in [0.15, 0.2) is 0 Å². The van der Waals surface area contributed by atoms with Crippen LogP contribution in [0.5, 0.6) is 0 Å².